The Balaban J connectivity index is 4.28. The fourth-order valence-electron chi connectivity index (χ4n) is 2.43. The second kappa shape index (κ2) is 11.0. The summed E-state index contributed by atoms with van der Waals surface area (Å²) in [5, 5.41) is 5.52. The second-order valence-corrected chi connectivity index (χ2v) is 8.44. The van der Waals surface area contributed by atoms with Crippen LogP contribution in [0.15, 0.2) is 12.2 Å². The van der Waals surface area contributed by atoms with Gasteiger partial charge < -0.3 is 16.4 Å². The maximum Gasteiger partial charge on any atom is 0.236 e. The predicted octanol–water partition coefficient (Wildman–Crippen LogP) is 2.67. The van der Waals surface area contributed by atoms with Crippen molar-refractivity contribution in [1.29, 1.82) is 0 Å². The maximum atomic E-state index is 12.4. The van der Waals surface area contributed by atoms with Gasteiger partial charge in [-0.1, -0.05) is 39.7 Å². The van der Waals surface area contributed by atoms with Crippen molar-refractivity contribution >= 4 is 17.7 Å². The molecule has 0 rings (SSSR count). The van der Waals surface area contributed by atoms with Gasteiger partial charge in [-0.15, -0.1) is 6.58 Å². The summed E-state index contributed by atoms with van der Waals surface area (Å²) in [6.07, 6.45) is 5.27. The average Bonchev–Trinajstić information content (AvgIpc) is 2.53. The quantitative estimate of drug-likeness (QED) is 0.344. The van der Waals surface area contributed by atoms with E-state index in [0.717, 1.165) is 25.7 Å². The van der Waals surface area contributed by atoms with E-state index in [4.69, 9.17) is 5.73 Å². The fraction of sp³-hybridized carbons (Fsp3) is 0.750. The summed E-state index contributed by atoms with van der Waals surface area (Å²) in [4.78, 5) is 35.4. The number of allylic oxidation sites excluding steroid dienone is 1. The van der Waals surface area contributed by atoms with Crippen LogP contribution in [-0.4, -0.2) is 30.8 Å². The lowest BCUT2D eigenvalue weighted by atomic mass is 9.78. The zero-order valence-corrected chi connectivity index (χ0v) is 17.2. The molecule has 6 heteroatoms. The average molecular weight is 368 g/mol. The van der Waals surface area contributed by atoms with E-state index < -0.39 is 16.7 Å². The van der Waals surface area contributed by atoms with Crippen LogP contribution >= 0.6 is 0 Å². The molecule has 0 aliphatic heterocycles. The highest BCUT2D eigenvalue weighted by atomic mass is 16.2. The number of carbonyl (C=O) groups excluding carboxylic acids is 3. The van der Waals surface area contributed by atoms with E-state index in [2.05, 4.69) is 17.2 Å². The van der Waals surface area contributed by atoms with Crippen LogP contribution < -0.4 is 16.4 Å². The van der Waals surface area contributed by atoms with Gasteiger partial charge in [0.2, 0.25) is 17.7 Å². The minimum absolute atomic E-state index is 0.00532. The SMILES string of the molecule is C=C(C)CCCCCNC(=O)C(C)(C)CCC(C)(C)C(=O)NCC(N)=O. The van der Waals surface area contributed by atoms with Gasteiger partial charge >= 0.3 is 0 Å². The van der Waals surface area contributed by atoms with E-state index in [9.17, 15) is 14.4 Å². The third-order valence-electron chi connectivity index (χ3n) is 4.59. The number of rotatable bonds is 13. The molecule has 0 aliphatic rings. The summed E-state index contributed by atoms with van der Waals surface area (Å²) >= 11 is 0. The lowest BCUT2D eigenvalue weighted by Crippen LogP contribution is -2.43. The largest absolute Gasteiger partial charge is 0.368 e. The molecular formula is C20H37N3O3. The van der Waals surface area contributed by atoms with Gasteiger partial charge in [-0.3, -0.25) is 14.4 Å². The molecule has 150 valence electrons. The molecule has 0 unspecified atom stereocenters. The molecule has 0 radical (unpaired) electrons. The first-order valence-electron chi connectivity index (χ1n) is 9.38. The van der Waals surface area contributed by atoms with Crippen LogP contribution in [0.5, 0.6) is 0 Å². The first-order chi connectivity index (χ1) is 11.9. The van der Waals surface area contributed by atoms with Crippen molar-refractivity contribution < 1.29 is 14.4 Å². The van der Waals surface area contributed by atoms with Gasteiger partial charge in [-0.05, 0) is 39.0 Å². The van der Waals surface area contributed by atoms with E-state index in [1.807, 2.05) is 20.8 Å². The summed E-state index contributed by atoms with van der Waals surface area (Å²) in [5.41, 5.74) is 5.01. The molecule has 0 heterocycles. The van der Waals surface area contributed by atoms with E-state index in [1.165, 1.54) is 5.57 Å². The molecular weight excluding hydrogens is 330 g/mol. The lowest BCUT2D eigenvalue weighted by molar-refractivity contribution is -0.134. The van der Waals surface area contributed by atoms with E-state index in [0.29, 0.717) is 19.4 Å². The maximum absolute atomic E-state index is 12.4. The van der Waals surface area contributed by atoms with Gasteiger partial charge in [0.25, 0.3) is 0 Å². The number of unbranched alkanes of at least 4 members (excludes halogenated alkanes) is 2. The van der Waals surface area contributed by atoms with Crippen LogP contribution in [0.4, 0.5) is 0 Å². The fourth-order valence-corrected chi connectivity index (χ4v) is 2.43. The van der Waals surface area contributed by atoms with Crippen LogP contribution in [0, 0.1) is 10.8 Å². The predicted molar refractivity (Wildman–Crippen MR) is 105 cm³/mol. The molecule has 0 aliphatic carbocycles. The highest BCUT2D eigenvalue weighted by molar-refractivity contribution is 5.87. The Hall–Kier alpha value is -1.85. The summed E-state index contributed by atoms with van der Waals surface area (Å²) in [5.74, 6) is -0.798. The van der Waals surface area contributed by atoms with Gasteiger partial charge in [0.1, 0.15) is 0 Å². The minimum atomic E-state index is -0.671. The van der Waals surface area contributed by atoms with Crippen LogP contribution in [0.2, 0.25) is 0 Å². The number of nitrogens with two attached hydrogens (primary N) is 1. The van der Waals surface area contributed by atoms with E-state index in [1.54, 1.807) is 13.8 Å². The molecule has 0 bridgehead atoms. The van der Waals surface area contributed by atoms with Crippen molar-refractivity contribution in [1.82, 2.24) is 10.6 Å². The molecule has 6 nitrogen and oxygen atoms in total. The van der Waals surface area contributed by atoms with Gasteiger partial charge in [-0.2, -0.15) is 0 Å². The number of hydrogen-bond donors (Lipinski definition) is 3. The molecule has 0 atom stereocenters. The third kappa shape index (κ3) is 10.2. The molecule has 0 saturated carbocycles. The van der Waals surface area contributed by atoms with Gasteiger partial charge in [-0.25, -0.2) is 0 Å². The number of amides is 3. The lowest BCUT2D eigenvalue weighted by Gasteiger charge is -2.29. The Bertz CT molecular complexity index is 510. The third-order valence-corrected chi connectivity index (χ3v) is 4.59. The van der Waals surface area contributed by atoms with Crippen molar-refractivity contribution in [2.75, 3.05) is 13.1 Å². The zero-order valence-electron chi connectivity index (χ0n) is 17.2. The van der Waals surface area contributed by atoms with Crippen molar-refractivity contribution in [3.63, 3.8) is 0 Å². The standard InChI is InChI=1S/C20H37N3O3/c1-15(2)10-8-7-9-13-22-17(25)19(3,4)11-12-20(5,6)18(26)23-14-16(21)24/h1,7-14H2,2-6H3,(H2,21,24)(H,22,25)(H,23,26). The van der Waals surface area contributed by atoms with Crippen LogP contribution in [0.25, 0.3) is 0 Å². The molecule has 0 aromatic carbocycles. The van der Waals surface area contributed by atoms with Crippen molar-refractivity contribution in [2.45, 2.75) is 73.1 Å². The molecule has 0 fully saturated rings. The Morgan fingerprint density at radius 3 is 1.85 bits per heavy atom. The highest BCUT2D eigenvalue weighted by Gasteiger charge is 2.33. The van der Waals surface area contributed by atoms with Gasteiger partial charge in [0, 0.05) is 17.4 Å². The van der Waals surface area contributed by atoms with E-state index in [-0.39, 0.29) is 18.4 Å². The summed E-state index contributed by atoms with van der Waals surface area (Å²) < 4.78 is 0. The molecule has 0 saturated heterocycles. The first kappa shape index (κ1) is 24.1. The molecule has 0 spiro atoms. The first-order valence-corrected chi connectivity index (χ1v) is 9.38. The molecule has 4 N–H and O–H groups in total. The van der Waals surface area contributed by atoms with Gasteiger partial charge in [0.15, 0.2) is 0 Å². The molecule has 0 aromatic heterocycles. The molecule has 26 heavy (non-hydrogen) atoms. The highest BCUT2D eigenvalue weighted by Crippen LogP contribution is 2.31. The number of nitrogens with one attached hydrogen (secondary N) is 2. The smallest absolute Gasteiger partial charge is 0.236 e. The van der Waals surface area contributed by atoms with Crippen LogP contribution in [-0.2, 0) is 14.4 Å². The Labute approximate surface area is 158 Å². The van der Waals surface area contributed by atoms with Crippen LogP contribution in [0.1, 0.15) is 73.1 Å². The van der Waals surface area contributed by atoms with Crippen LogP contribution in [0.3, 0.4) is 0 Å². The number of primary amides is 1. The normalized spacial score (nSPS) is 11.7. The minimum Gasteiger partial charge on any atom is -0.368 e. The van der Waals surface area contributed by atoms with Gasteiger partial charge in [0.05, 0.1) is 6.54 Å². The summed E-state index contributed by atoms with van der Waals surface area (Å²) in [7, 11) is 0. The Morgan fingerprint density at radius 2 is 1.38 bits per heavy atom. The monoisotopic (exact) mass is 367 g/mol. The topological polar surface area (TPSA) is 101 Å². The second-order valence-electron chi connectivity index (χ2n) is 8.44. The van der Waals surface area contributed by atoms with Crippen molar-refractivity contribution in [2.24, 2.45) is 16.6 Å². The summed E-state index contributed by atoms with van der Waals surface area (Å²) in [6, 6.07) is 0. The zero-order chi connectivity index (χ0) is 20.4. The van der Waals surface area contributed by atoms with Crippen molar-refractivity contribution in [3.05, 3.63) is 12.2 Å². The Kier molecular flexibility index (Phi) is 10.2. The summed E-state index contributed by atoms with van der Waals surface area (Å²) in [6.45, 7) is 13.8. The number of carbonyl (C=O) groups is 3. The molecule has 3 amide bonds. The Morgan fingerprint density at radius 1 is 0.885 bits per heavy atom. The number of hydrogen-bond acceptors (Lipinski definition) is 3. The van der Waals surface area contributed by atoms with Crippen molar-refractivity contribution in [3.8, 4) is 0 Å². The van der Waals surface area contributed by atoms with E-state index >= 15 is 0 Å². The molecule has 0 aromatic rings.